The van der Waals surface area contributed by atoms with E-state index in [-0.39, 0.29) is 6.10 Å². The second kappa shape index (κ2) is 7.66. The normalized spacial score (nSPS) is 45.8. The van der Waals surface area contributed by atoms with Gasteiger partial charge in [0.25, 0.3) is 0 Å². The average molecular weight is 403 g/mol. The van der Waals surface area contributed by atoms with E-state index in [9.17, 15) is 10.2 Å². The van der Waals surface area contributed by atoms with Gasteiger partial charge in [0.05, 0.1) is 11.7 Å². The summed E-state index contributed by atoms with van der Waals surface area (Å²) in [4.78, 5) is 0. The van der Waals surface area contributed by atoms with Crippen LogP contribution in [0.1, 0.15) is 105 Å². The number of hydrogen-bond acceptors (Lipinski definition) is 2. The second-order valence-electron chi connectivity index (χ2n) is 12.6. The summed E-state index contributed by atoms with van der Waals surface area (Å²) in [7, 11) is 0. The Kier molecular flexibility index (Phi) is 5.78. The topological polar surface area (TPSA) is 40.5 Å². The van der Waals surface area contributed by atoms with Crippen molar-refractivity contribution in [2.24, 2.45) is 40.4 Å². The molecule has 0 aromatic carbocycles. The lowest BCUT2D eigenvalue weighted by molar-refractivity contribution is -0.0575. The minimum atomic E-state index is -0.519. The molecule has 4 rings (SSSR count). The van der Waals surface area contributed by atoms with Crippen LogP contribution in [0.4, 0.5) is 0 Å². The predicted octanol–water partition coefficient (Wildman–Crippen LogP) is 6.50. The predicted molar refractivity (Wildman–Crippen MR) is 121 cm³/mol. The highest BCUT2D eigenvalue weighted by Crippen LogP contribution is 2.67. The van der Waals surface area contributed by atoms with E-state index >= 15 is 0 Å². The Morgan fingerprint density at radius 1 is 1.10 bits per heavy atom. The highest BCUT2D eigenvalue weighted by molar-refractivity contribution is 5.25. The Morgan fingerprint density at radius 3 is 2.59 bits per heavy atom. The van der Waals surface area contributed by atoms with E-state index in [0.717, 1.165) is 55.3 Å². The quantitative estimate of drug-likeness (QED) is 0.515. The van der Waals surface area contributed by atoms with Crippen LogP contribution in [-0.2, 0) is 0 Å². The average Bonchev–Trinajstić information content (AvgIpc) is 2.98. The van der Waals surface area contributed by atoms with Gasteiger partial charge in [0, 0.05) is 0 Å². The molecule has 2 nitrogen and oxygen atoms in total. The van der Waals surface area contributed by atoms with Crippen LogP contribution in [-0.4, -0.2) is 21.9 Å². The van der Waals surface area contributed by atoms with Crippen LogP contribution >= 0.6 is 0 Å². The fourth-order valence-electron chi connectivity index (χ4n) is 8.67. The summed E-state index contributed by atoms with van der Waals surface area (Å²) in [5.74, 6) is 4.24. The summed E-state index contributed by atoms with van der Waals surface area (Å²) in [5.41, 5.74) is 1.95. The fraction of sp³-hybridized carbons (Fsp3) is 0.926. The molecule has 3 fully saturated rings. The van der Waals surface area contributed by atoms with Gasteiger partial charge in [-0.1, -0.05) is 45.3 Å². The first kappa shape index (κ1) is 21.9. The summed E-state index contributed by atoms with van der Waals surface area (Å²) in [6.45, 7) is 11.6. The van der Waals surface area contributed by atoms with Crippen molar-refractivity contribution >= 4 is 0 Å². The van der Waals surface area contributed by atoms with Crippen molar-refractivity contribution in [3.63, 3.8) is 0 Å². The van der Waals surface area contributed by atoms with Gasteiger partial charge in [-0.05, 0) is 112 Å². The third-order valence-electron chi connectivity index (χ3n) is 10.3. The molecule has 0 aliphatic heterocycles. The van der Waals surface area contributed by atoms with E-state index in [4.69, 9.17) is 0 Å². The number of hydrogen-bond donors (Lipinski definition) is 2. The zero-order chi connectivity index (χ0) is 21.0. The van der Waals surface area contributed by atoms with Crippen molar-refractivity contribution in [2.75, 3.05) is 0 Å². The van der Waals surface area contributed by atoms with Crippen LogP contribution < -0.4 is 0 Å². The maximum atomic E-state index is 10.2. The van der Waals surface area contributed by atoms with Gasteiger partial charge in [0.15, 0.2) is 0 Å². The van der Waals surface area contributed by atoms with Gasteiger partial charge in [-0.15, -0.1) is 0 Å². The molecule has 0 bridgehead atoms. The first-order chi connectivity index (χ1) is 13.5. The molecule has 3 saturated carbocycles. The van der Waals surface area contributed by atoms with Crippen LogP contribution in [0.3, 0.4) is 0 Å². The lowest BCUT2D eigenvalue weighted by Crippen LogP contribution is -2.50. The summed E-state index contributed by atoms with van der Waals surface area (Å²) in [6, 6.07) is 0. The minimum absolute atomic E-state index is 0.0969. The molecule has 4 aliphatic carbocycles. The van der Waals surface area contributed by atoms with Crippen molar-refractivity contribution in [3.8, 4) is 0 Å². The summed E-state index contributed by atoms with van der Waals surface area (Å²) < 4.78 is 0. The Balaban J connectivity index is 1.47. The molecule has 4 aliphatic rings. The largest absolute Gasteiger partial charge is 0.393 e. The molecule has 2 heteroatoms. The molecule has 0 unspecified atom stereocenters. The summed E-state index contributed by atoms with van der Waals surface area (Å²) in [6.07, 6.45) is 15.9. The molecular formula is C27H46O2. The molecule has 29 heavy (non-hydrogen) atoms. The molecule has 0 saturated heterocycles. The zero-order valence-corrected chi connectivity index (χ0v) is 19.7. The molecule has 0 spiro atoms. The Labute approximate surface area is 179 Å². The second-order valence-corrected chi connectivity index (χ2v) is 12.6. The van der Waals surface area contributed by atoms with Crippen LogP contribution in [0.25, 0.3) is 0 Å². The van der Waals surface area contributed by atoms with Crippen molar-refractivity contribution in [3.05, 3.63) is 11.6 Å². The molecule has 166 valence electrons. The Morgan fingerprint density at radius 2 is 1.86 bits per heavy atom. The van der Waals surface area contributed by atoms with Gasteiger partial charge < -0.3 is 10.2 Å². The third kappa shape index (κ3) is 3.86. The maximum absolute atomic E-state index is 10.2. The standard InChI is InChI=1S/C27H46O2/c1-18(7-6-14-25(2,3)29)22-10-11-23-21-9-8-19-17-20(28)12-15-26(19,4)24(21)13-16-27(22,23)5/h8,18,20-24,28-29H,6-7,9-17H2,1-5H3/t18-,20+,21+,22-,23-,24+,26+,27-/m1/s1. The first-order valence-electron chi connectivity index (χ1n) is 12.6. The van der Waals surface area contributed by atoms with Crippen molar-refractivity contribution in [2.45, 2.75) is 117 Å². The van der Waals surface area contributed by atoms with E-state index in [2.05, 4.69) is 26.8 Å². The molecule has 8 atom stereocenters. The lowest BCUT2D eigenvalue weighted by Gasteiger charge is -2.58. The SMILES string of the molecule is C[C@H](CCCC(C)(C)O)[C@H]1CC[C@@H]2[C@@H]3CC=C4C[C@@H](O)CC[C@]4(C)[C@H]3CC[C@@]21C. The van der Waals surface area contributed by atoms with E-state index < -0.39 is 5.60 Å². The highest BCUT2D eigenvalue weighted by atomic mass is 16.3. The van der Waals surface area contributed by atoms with E-state index in [1.165, 1.54) is 44.9 Å². The van der Waals surface area contributed by atoms with Crippen LogP contribution in [0, 0.1) is 40.4 Å². The Hall–Kier alpha value is -0.340. The summed E-state index contributed by atoms with van der Waals surface area (Å²) in [5, 5.41) is 20.3. The van der Waals surface area contributed by atoms with Crippen LogP contribution in [0.5, 0.6) is 0 Å². The van der Waals surface area contributed by atoms with Crippen LogP contribution in [0.15, 0.2) is 11.6 Å². The van der Waals surface area contributed by atoms with Crippen molar-refractivity contribution < 1.29 is 10.2 Å². The number of allylic oxidation sites excluding steroid dienone is 1. The monoisotopic (exact) mass is 402 g/mol. The van der Waals surface area contributed by atoms with Gasteiger partial charge in [-0.2, -0.15) is 0 Å². The zero-order valence-electron chi connectivity index (χ0n) is 19.7. The van der Waals surface area contributed by atoms with Gasteiger partial charge in [0.2, 0.25) is 0 Å². The van der Waals surface area contributed by atoms with Crippen molar-refractivity contribution in [1.29, 1.82) is 0 Å². The summed E-state index contributed by atoms with van der Waals surface area (Å²) >= 11 is 0. The van der Waals surface area contributed by atoms with E-state index in [0.29, 0.717) is 10.8 Å². The smallest absolute Gasteiger partial charge is 0.0591 e. The highest BCUT2D eigenvalue weighted by Gasteiger charge is 2.59. The molecule has 0 aromatic heterocycles. The van der Waals surface area contributed by atoms with Gasteiger partial charge >= 0.3 is 0 Å². The molecule has 2 N–H and O–H groups in total. The number of fused-ring (bicyclic) bond motifs is 5. The number of rotatable bonds is 5. The Bertz CT molecular complexity index is 631. The molecule has 0 heterocycles. The molecule has 0 radical (unpaired) electrons. The number of aliphatic hydroxyl groups excluding tert-OH is 1. The van der Waals surface area contributed by atoms with E-state index in [1.807, 2.05) is 13.8 Å². The van der Waals surface area contributed by atoms with Gasteiger partial charge in [-0.25, -0.2) is 0 Å². The van der Waals surface area contributed by atoms with Gasteiger partial charge in [-0.3, -0.25) is 0 Å². The minimum Gasteiger partial charge on any atom is -0.393 e. The third-order valence-corrected chi connectivity index (χ3v) is 10.3. The molecular weight excluding hydrogens is 356 g/mol. The first-order valence-corrected chi connectivity index (χ1v) is 12.6. The molecule has 0 aromatic rings. The fourth-order valence-corrected chi connectivity index (χ4v) is 8.67. The van der Waals surface area contributed by atoms with Gasteiger partial charge in [0.1, 0.15) is 0 Å². The van der Waals surface area contributed by atoms with Crippen LogP contribution in [0.2, 0.25) is 0 Å². The van der Waals surface area contributed by atoms with E-state index in [1.54, 1.807) is 5.57 Å². The lowest BCUT2D eigenvalue weighted by atomic mass is 9.47. The van der Waals surface area contributed by atoms with Crippen molar-refractivity contribution in [1.82, 2.24) is 0 Å². The molecule has 0 amide bonds. The number of aliphatic hydroxyl groups is 2. The maximum Gasteiger partial charge on any atom is 0.0591 e.